The smallest absolute Gasteiger partial charge is 0.339 e. The lowest BCUT2D eigenvalue weighted by atomic mass is 10.0. The molecule has 1 aromatic carbocycles. The Balaban J connectivity index is 2.02. The number of aliphatic carboxylic acids is 1. The van der Waals surface area contributed by atoms with Gasteiger partial charge < -0.3 is 35.4 Å². The van der Waals surface area contributed by atoms with E-state index in [2.05, 4.69) is 10.6 Å². The zero-order valence-electron chi connectivity index (χ0n) is 16.8. The van der Waals surface area contributed by atoms with E-state index in [-0.39, 0.29) is 25.8 Å². The van der Waals surface area contributed by atoms with Crippen LogP contribution in [0, 0.1) is 6.92 Å². The lowest BCUT2D eigenvalue weighted by Crippen LogP contribution is -2.48. The number of primary amides is 1. The van der Waals surface area contributed by atoms with Crippen LogP contribution < -0.4 is 31.8 Å². The molecule has 10 nitrogen and oxygen atoms in total. The number of urea groups is 1. The van der Waals surface area contributed by atoms with Crippen LogP contribution in [-0.4, -0.2) is 37.6 Å². The first-order chi connectivity index (χ1) is 14.2. The summed E-state index contributed by atoms with van der Waals surface area (Å²) in [4.78, 5) is 46.4. The summed E-state index contributed by atoms with van der Waals surface area (Å²) in [7, 11) is 1.51. The maximum atomic E-state index is 12.3. The number of benzene rings is 1. The second-order valence-electron chi connectivity index (χ2n) is 6.73. The van der Waals surface area contributed by atoms with Gasteiger partial charge in [-0.25, -0.2) is 9.59 Å². The predicted octanol–water partition coefficient (Wildman–Crippen LogP) is -0.274. The molecule has 2 rings (SSSR count). The molecule has 30 heavy (non-hydrogen) atoms. The number of methoxy groups -OCH3 is 1. The van der Waals surface area contributed by atoms with Crippen molar-refractivity contribution in [2.75, 3.05) is 13.7 Å². The highest BCUT2D eigenvalue weighted by Crippen LogP contribution is 2.24. The van der Waals surface area contributed by atoms with Crippen LogP contribution in [0.4, 0.5) is 4.79 Å². The van der Waals surface area contributed by atoms with Crippen molar-refractivity contribution in [3.05, 3.63) is 39.7 Å². The summed E-state index contributed by atoms with van der Waals surface area (Å²) in [6, 6.07) is 3.18. The van der Waals surface area contributed by atoms with Crippen molar-refractivity contribution in [2.24, 2.45) is 5.73 Å². The summed E-state index contributed by atoms with van der Waals surface area (Å²) in [5.74, 6) is -1.42. The van der Waals surface area contributed by atoms with Crippen molar-refractivity contribution in [1.82, 2.24) is 10.6 Å². The predicted molar refractivity (Wildman–Crippen MR) is 106 cm³/mol. The summed E-state index contributed by atoms with van der Waals surface area (Å²) in [5, 5.41) is 16.7. The maximum Gasteiger partial charge on any atom is 0.339 e. The van der Waals surface area contributed by atoms with Gasteiger partial charge in [-0.3, -0.25) is 4.79 Å². The topological polar surface area (TPSA) is 164 Å². The average molecular weight is 418 g/mol. The SMILES string of the molecule is COc1ccc2c(C)c(CCC(=O)N[C@@H](CCCNC(N)=O)C(=O)[O-])c(=O)oc2c1. The quantitative estimate of drug-likeness (QED) is 0.353. The second-order valence-corrected chi connectivity index (χ2v) is 6.73. The van der Waals surface area contributed by atoms with Gasteiger partial charge in [0.15, 0.2) is 0 Å². The van der Waals surface area contributed by atoms with Gasteiger partial charge in [0, 0.05) is 30.0 Å². The number of carboxylic acids is 1. The molecule has 1 atom stereocenters. The van der Waals surface area contributed by atoms with Gasteiger partial charge in [0.05, 0.1) is 19.1 Å². The highest BCUT2D eigenvalue weighted by Gasteiger charge is 2.16. The Hall–Kier alpha value is -3.56. The van der Waals surface area contributed by atoms with E-state index in [1.165, 1.54) is 7.11 Å². The lowest BCUT2D eigenvalue weighted by molar-refractivity contribution is -0.308. The number of amides is 3. The Morgan fingerprint density at radius 2 is 2.03 bits per heavy atom. The van der Waals surface area contributed by atoms with Crippen molar-refractivity contribution < 1.29 is 28.6 Å². The van der Waals surface area contributed by atoms with Gasteiger partial charge in [-0.2, -0.15) is 0 Å². The molecule has 1 aromatic heterocycles. The van der Waals surface area contributed by atoms with Crippen LogP contribution in [0.15, 0.2) is 27.4 Å². The number of rotatable bonds is 10. The van der Waals surface area contributed by atoms with Crippen molar-refractivity contribution in [1.29, 1.82) is 0 Å². The number of carboxylic acid groups (broad SMARTS) is 1. The summed E-state index contributed by atoms with van der Waals surface area (Å²) in [5.41, 5.74) is 5.78. The minimum Gasteiger partial charge on any atom is -0.548 e. The van der Waals surface area contributed by atoms with E-state index in [9.17, 15) is 24.3 Å². The van der Waals surface area contributed by atoms with Crippen LogP contribution in [0.1, 0.15) is 30.4 Å². The van der Waals surface area contributed by atoms with E-state index >= 15 is 0 Å². The van der Waals surface area contributed by atoms with Crippen LogP contribution in [0.25, 0.3) is 11.0 Å². The monoisotopic (exact) mass is 418 g/mol. The van der Waals surface area contributed by atoms with Crippen LogP contribution in [0.2, 0.25) is 0 Å². The van der Waals surface area contributed by atoms with Crippen LogP contribution in [-0.2, 0) is 16.0 Å². The molecule has 3 amide bonds. The molecule has 0 aliphatic carbocycles. The first-order valence-electron chi connectivity index (χ1n) is 9.36. The molecule has 0 unspecified atom stereocenters. The maximum absolute atomic E-state index is 12.3. The minimum absolute atomic E-state index is 0.0628. The third-order valence-electron chi connectivity index (χ3n) is 4.69. The fraction of sp³-hybridized carbons (Fsp3) is 0.400. The molecule has 0 fully saturated rings. The van der Waals surface area contributed by atoms with Gasteiger partial charge in [0.2, 0.25) is 5.91 Å². The van der Waals surface area contributed by atoms with Gasteiger partial charge >= 0.3 is 11.7 Å². The van der Waals surface area contributed by atoms with E-state index in [4.69, 9.17) is 14.9 Å². The molecule has 162 valence electrons. The standard InChI is InChI=1S/C20H25N3O7/c1-11-13-6-5-12(29-2)10-16(13)30-19(27)14(11)7-8-17(24)23-15(18(25)26)4-3-9-22-20(21)28/h5-6,10,15H,3-4,7-9H2,1-2H3,(H,23,24)(H,25,26)(H3,21,22,28)/p-1/t15-/m0/s1. The third kappa shape index (κ3) is 5.97. The first-order valence-corrected chi connectivity index (χ1v) is 9.36. The number of ether oxygens (including phenoxy) is 1. The Bertz CT molecular complexity index is 1000. The molecular weight excluding hydrogens is 394 g/mol. The zero-order valence-corrected chi connectivity index (χ0v) is 16.8. The molecule has 0 bridgehead atoms. The van der Waals surface area contributed by atoms with E-state index in [0.29, 0.717) is 28.9 Å². The molecule has 1 heterocycles. The number of hydrogen-bond donors (Lipinski definition) is 3. The van der Waals surface area contributed by atoms with Gasteiger partial charge in [-0.05, 0) is 43.9 Å². The van der Waals surface area contributed by atoms with Crippen LogP contribution in [0.5, 0.6) is 5.75 Å². The largest absolute Gasteiger partial charge is 0.548 e. The van der Waals surface area contributed by atoms with Crippen LogP contribution >= 0.6 is 0 Å². The number of aryl methyl sites for hydroxylation is 1. The van der Waals surface area contributed by atoms with E-state index in [1.54, 1.807) is 25.1 Å². The third-order valence-corrected chi connectivity index (χ3v) is 4.69. The normalized spacial score (nSPS) is 11.7. The second kappa shape index (κ2) is 10.3. The Labute approximate surface area is 172 Å². The number of fused-ring (bicyclic) bond motifs is 1. The molecular formula is C20H24N3O7-. The zero-order chi connectivity index (χ0) is 22.3. The summed E-state index contributed by atoms with van der Waals surface area (Å²) < 4.78 is 10.5. The molecule has 0 radical (unpaired) electrons. The number of nitrogens with two attached hydrogens (primary N) is 1. The van der Waals surface area contributed by atoms with Crippen molar-refractivity contribution in [3.8, 4) is 5.75 Å². The van der Waals surface area contributed by atoms with E-state index in [1.807, 2.05) is 0 Å². The van der Waals surface area contributed by atoms with Crippen molar-refractivity contribution in [3.63, 3.8) is 0 Å². The number of nitrogens with one attached hydrogen (secondary N) is 2. The fourth-order valence-electron chi connectivity index (χ4n) is 3.06. The summed E-state index contributed by atoms with van der Waals surface area (Å²) >= 11 is 0. The molecule has 4 N–H and O–H groups in total. The van der Waals surface area contributed by atoms with E-state index < -0.39 is 29.6 Å². The number of carbonyl (C=O) groups excluding carboxylic acids is 3. The number of hydrogen-bond acceptors (Lipinski definition) is 7. The molecule has 0 aliphatic rings. The van der Waals surface area contributed by atoms with Crippen molar-refractivity contribution in [2.45, 2.75) is 38.6 Å². The van der Waals surface area contributed by atoms with Gasteiger partial charge in [-0.15, -0.1) is 0 Å². The average Bonchev–Trinajstić information content (AvgIpc) is 2.69. The van der Waals surface area contributed by atoms with Crippen molar-refractivity contribution >= 4 is 28.9 Å². The first kappa shape index (κ1) is 22.7. The fourth-order valence-corrected chi connectivity index (χ4v) is 3.06. The molecule has 2 aromatic rings. The molecule has 0 saturated heterocycles. The Kier molecular flexibility index (Phi) is 7.79. The minimum atomic E-state index is -1.43. The molecule has 0 saturated carbocycles. The Morgan fingerprint density at radius 3 is 2.67 bits per heavy atom. The lowest BCUT2D eigenvalue weighted by Gasteiger charge is -2.19. The van der Waals surface area contributed by atoms with Crippen LogP contribution in [0.3, 0.4) is 0 Å². The highest BCUT2D eigenvalue weighted by atomic mass is 16.5. The number of carbonyl (C=O) groups is 3. The Morgan fingerprint density at radius 1 is 1.30 bits per heavy atom. The van der Waals surface area contributed by atoms with E-state index in [0.717, 1.165) is 5.39 Å². The molecule has 0 spiro atoms. The molecule has 10 heteroatoms. The summed E-state index contributed by atoms with van der Waals surface area (Å²) in [6.07, 6.45) is 0.341. The highest BCUT2D eigenvalue weighted by molar-refractivity contribution is 5.84. The van der Waals surface area contributed by atoms with Gasteiger partial charge in [-0.1, -0.05) is 0 Å². The summed E-state index contributed by atoms with van der Waals surface area (Å²) in [6.45, 7) is 1.94. The van der Waals surface area contributed by atoms with Gasteiger partial charge in [0.1, 0.15) is 11.3 Å². The van der Waals surface area contributed by atoms with Gasteiger partial charge in [0.25, 0.3) is 0 Å². The molecule has 0 aliphatic heterocycles.